The average Bonchev–Trinajstić information content (AvgIpc) is 2.80. The summed E-state index contributed by atoms with van der Waals surface area (Å²) < 4.78 is 0. The highest BCUT2D eigenvalue weighted by Crippen LogP contribution is 2.50. The van der Waals surface area contributed by atoms with Crippen LogP contribution < -0.4 is 11.5 Å². The lowest BCUT2D eigenvalue weighted by Crippen LogP contribution is -2.41. The number of rotatable bonds is 10. The van der Waals surface area contributed by atoms with Crippen LogP contribution >= 0.6 is 0 Å². The molecule has 2 unspecified atom stereocenters. The second-order valence-electron chi connectivity index (χ2n) is 9.32. The van der Waals surface area contributed by atoms with E-state index in [4.69, 9.17) is 11.5 Å². The molecule has 0 aliphatic rings. The minimum Gasteiger partial charge on any atom is -0.398 e. The van der Waals surface area contributed by atoms with E-state index in [-0.39, 0.29) is 5.41 Å². The van der Waals surface area contributed by atoms with E-state index in [1.807, 2.05) is 0 Å². The van der Waals surface area contributed by atoms with Crippen LogP contribution in [0.4, 0.5) is 11.4 Å². The SMILES string of the molecule is CCc1cc(C(c2cc(CC)c(N)c(CC)c2)(C(C)CC)C(C)CC)cc(CC)c1N. The lowest BCUT2D eigenvalue weighted by Gasteiger charge is -2.46. The number of nitrogens with two attached hydrogens (primary N) is 2. The molecule has 0 radical (unpaired) electrons. The highest BCUT2D eigenvalue weighted by atomic mass is 14.6. The van der Waals surface area contributed by atoms with Crippen LogP contribution in [0.5, 0.6) is 0 Å². The highest BCUT2D eigenvalue weighted by Gasteiger charge is 2.44. The van der Waals surface area contributed by atoms with Gasteiger partial charge >= 0.3 is 0 Å². The van der Waals surface area contributed by atoms with Crippen LogP contribution in [0.25, 0.3) is 0 Å². The number of nitrogen functional groups attached to an aromatic ring is 2. The Morgan fingerprint density at radius 1 is 0.581 bits per heavy atom. The smallest absolute Gasteiger partial charge is 0.0379 e. The van der Waals surface area contributed by atoms with E-state index in [1.54, 1.807) is 0 Å². The van der Waals surface area contributed by atoms with E-state index in [0.29, 0.717) is 11.8 Å². The fraction of sp³-hybridized carbons (Fsp3) is 0.586. The maximum absolute atomic E-state index is 6.57. The van der Waals surface area contributed by atoms with Crippen molar-refractivity contribution < 1.29 is 0 Å². The molecule has 2 rings (SSSR count). The number of anilines is 2. The van der Waals surface area contributed by atoms with E-state index >= 15 is 0 Å². The van der Waals surface area contributed by atoms with Crippen molar-refractivity contribution in [2.75, 3.05) is 11.5 Å². The summed E-state index contributed by atoms with van der Waals surface area (Å²) in [6, 6.07) is 9.67. The van der Waals surface area contributed by atoms with Gasteiger partial charge in [-0.25, -0.2) is 0 Å². The van der Waals surface area contributed by atoms with Gasteiger partial charge in [0.25, 0.3) is 0 Å². The quantitative estimate of drug-likeness (QED) is 0.390. The largest absolute Gasteiger partial charge is 0.398 e. The zero-order chi connectivity index (χ0) is 23.3. The molecule has 2 aromatic carbocycles. The van der Waals surface area contributed by atoms with Gasteiger partial charge in [0, 0.05) is 16.8 Å². The van der Waals surface area contributed by atoms with E-state index in [1.165, 1.54) is 33.4 Å². The molecule has 31 heavy (non-hydrogen) atoms. The molecule has 0 aromatic heterocycles. The van der Waals surface area contributed by atoms with Gasteiger partial charge in [0.15, 0.2) is 0 Å². The fourth-order valence-corrected chi connectivity index (χ4v) is 5.64. The number of benzene rings is 2. The molecule has 2 heteroatoms. The fourth-order valence-electron chi connectivity index (χ4n) is 5.64. The predicted octanol–water partition coefficient (Wildman–Crippen LogP) is 7.48. The number of hydrogen-bond donors (Lipinski definition) is 2. The van der Waals surface area contributed by atoms with Crippen molar-refractivity contribution in [3.05, 3.63) is 57.6 Å². The topological polar surface area (TPSA) is 52.0 Å². The zero-order valence-corrected chi connectivity index (χ0v) is 21.4. The first-order chi connectivity index (χ1) is 14.8. The van der Waals surface area contributed by atoms with Gasteiger partial charge in [-0.3, -0.25) is 0 Å². The van der Waals surface area contributed by atoms with Crippen molar-refractivity contribution in [2.24, 2.45) is 11.8 Å². The third-order valence-corrected chi connectivity index (χ3v) is 7.96. The first kappa shape index (κ1) is 25.3. The van der Waals surface area contributed by atoms with E-state index in [9.17, 15) is 0 Å². The first-order valence-electron chi connectivity index (χ1n) is 12.6. The Bertz CT molecular complexity index is 757. The van der Waals surface area contributed by atoms with E-state index in [0.717, 1.165) is 49.9 Å². The molecule has 0 fully saturated rings. The summed E-state index contributed by atoms with van der Waals surface area (Å²) in [5.41, 5.74) is 23.1. The summed E-state index contributed by atoms with van der Waals surface area (Å²) in [5, 5.41) is 0. The lowest BCUT2D eigenvalue weighted by atomic mass is 9.57. The Morgan fingerprint density at radius 2 is 0.839 bits per heavy atom. The average molecular weight is 423 g/mol. The van der Waals surface area contributed by atoms with Crippen LogP contribution in [-0.4, -0.2) is 0 Å². The highest BCUT2D eigenvalue weighted by molar-refractivity contribution is 5.62. The molecule has 0 aliphatic carbocycles. The van der Waals surface area contributed by atoms with Gasteiger partial charge < -0.3 is 11.5 Å². The van der Waals surface area contributed by atoms with Gasteiger partial charge in [0.2, 0.25) is 0 Å². The zero-order valence-electron chi connectivity index (χ0n) is 21.4. The van der Waals surface area contributed by atoms with Gasteiger partial charge in [-0.05, 0) is 70.9 Å². The Hall–Kier alpha value is -1.96. The first-order valence-corrected chi connectivity index (χ1v) is 12.6. The van der Waals surface area contributed by atoms with Crippen LogP contribution in [0.15, 0.2) is 24.3 Å². The molecule has 0 aliphatic heterocycles. The Kier molecular flexibility index (Phi) is 8.63. The molecular weight excluding hydrogens is 376 g/mol. The standard InChI is InChI=1S/C29H46N2/c1-9-19(7)29(20(8)10-2,25-15-21(11-3)27(30)22(12-4)16-25)26-17-23(13-5)28(31)24(14-6)18-26/h15-20H,9-14,30-31H2,1-8H3. The van der Waals surface area contributed by atoms with Gasteiger partial charge in [0.1, 0.15) is 0 Å². The van der Waals surface area contributed by atoms with Crippen LogP contribution in [0.1, 0.15) is 102 Å². The second kappa shape index (κ2) is 10.6. The predicted molar refractivity (Wildman–Crippen MR) is 139 cm³/mol. The molecule has 0 saturated heterocycles. The molecule has 4 N–H and O–H groups in total. The summed E-state index contributed by atoms with van der Waals surface area (Å²) in [4.78, 5) is 0. The third kappa shape index (κ3) is 4.36. The summed E-state index contributed by atoms with van der Waals surface area (Å²) in [5.74, 6) is 0.997. The second-order valence-corrected chi connectivity index (χ2v) is 9.32. The van der Waals surface area contributed by atoms with Crippen LogP contribution in [-0.2, 0) is 31.1 Å². The molecule has 0 amide bonds. The maximum Gasteiger partial charge on any atom is 0.0379 e. The normalized spacial score (nSPS) is 13.9. The summed E-state index contributed by atoms with van der Waals surface area (Å²) in [7, 11) is 0. The lowest BCUT2D eigenvalue weighted by molar-refractivity contribution is 0.229. The Morgan fingerprint density at radius 3 is 1.03 bits per heavy atom. The van der Waals surface area contributed by atoms with Gasteiger partial charge in [-0.15, -0.1) is 0 Å². The van der Waals surface area contributed by atoms with Crippen molar-refractivity contribution in [3.63, 3.8) is 0 Å². The Balaban J connectivity index is 3.03. The molecule has 2 atom stereocenters. The molecule has 0 heterocycles. The van der Waals surface area contributed by atoms with Crippen LogP contribution in [0.2, 0.25) is 0 Å². The molecular formula is C29H46N2. The summed E-state index contributed by atoms with van der Waals surface area (Å²) in [6.07, 6.45) is 6.12. The van der Waals surface area contributed by atoms with Gasteiger partial charge in [-0.2, -0.15) is 0 Å². The van der Waals surface area contributed by atoms with Crippen molar-refractivity contribution >= 4 is 11.4 Å². The number of hydrogen-bond acceptors (Lipinski definition) is 2. The Labute approximate surface area is 191 Å². The van der Waals surface area contributed by atoms with Gasteiger partial charge in [0.05, 0.1) is 0 Å². The number of aryl methyl sites for hydroxylation is 4. The van der Waals surface area contributed by atoms with Crippen molar-refractivity contribution in [1.29, 1.82) is 0 Å². The molecule has 0 saturated carbocycles. The molecule has 0 bridgehead atoms. The van der Waals surface area contributed by atoms with Crippen molar-refractivity contribution in [3.8, 4) is 0 Å². The van der Waals surface area contributed by atoms with Crippen LogP contribution in [0.3, 0.4) is 0 Å². The molecule has 2 nitrogen and oxygen atoms in total. The maximum atomic E-state index is 6.57. The molecule has 0 spiro atoms. The van der Waals surface area contributed by atoms with E-state index < -0.39 is 0 Å². The van der Waals surface area contributed by atoms with Crippen molar-refractivity contribution in [2.45, 2.75) is 99.3 Å². The summed E-state index contributed by atoms with van der Waals surface area (Å²) in [6.45, 7) is 18.4. The third-order valence-electron chi connectivity index (χ3n) is 7.96. The van der Waals surface area contributed by atoms with Gasteiger partial charge in [-0.1, -0.05) is 92.5 Å². The minimum absolute atomic E-state index is 0.0629. The van der Waals surface area contributed by atoms with Crippen LogP contribution in [0, 0.1) is 11.8 Å². The molecule has 2 aromatic rings. The summed E-state index contributed by atoms with van der Waals surface area (Å²) >= 11 is 0. The van der Waals surface area contributed by atoms with Crippen molar-refractivity contribution in [1.82, 2.24) is 0 Å². The minimum atomic E-state index is -0.0629. The monoisotopic (exact) mass is 422 g/mol. The molecule has 172 valence electrons. The van der Waals surface area contributed by atoms with E-state index in [2.05, 4.69) is 79.7 Å².